The van der Waals surface area contributed by atoms with Crippen LogP contribution in [0.4, 0.5) is 0 Å². The van der Waals surface area contributed by atoms with Gasteiger partial charge in [-0.25, -0.2) is 0 Å². The van der Waals surface area contributed by atoms with Crippen molar-refractivity contribution in [3.63, 3.8) is 0 Å². The average molecular weight is 613 g/mol. The molecule has 0 aliphatic rings. The lowest BCUT2D eigenvalue weighted by Crippen LogP contribution is -2.02. The van der Waals surface area contributed by atoms with E-state index in [-0.39, 0.29) is 0 Å². The molecule has 0 aromatic heterocycles. The van der Waals surface area contributed by atoms with Crippen molar-refractivity contribution in [1.82, 2.24) is 0 Å². The molecule has 43 heavy (non-hydrogen) atoms. The van der Waals surface area contributed by atoms with Crippen LogP contribution in [0.2, 0.25) is 0 Å². The first kappa shape index (κ1) is 37.8. The molecule has 0 radical (unpaired) electrons. The Hall–Kier alpha value is -1.41. The molecule has 0 bridgehead atoms. The van der Waals surface area contributed by atoms with Crippen LogP contribution in [-0.4, -0.2) is 11.5 Å². The third kappa shape index (κ3) is 19.6. The molecule has 3 nitrogen and oxygen atoms in total. The van der Waals surface area contributed by atoms with E-state index in [1.165, 1.54) is 141 Å². The van der Waals surface area contributed by atoms with Crippen molar-refractivity contribution >= 4 is 8.60 Å². The van der Waals surface area contributed by atoms with Gasteiger partial charge in [0.05, 0.1) is 6.61 Å². The van der Waals surface area contributed by atoms with Crippen molar-refractivity contribution in [3.05, 3.63) is 65.2 Å². The molecule has 0 saturated heterocycles. The van der Waals surface area contributed by atoms with Crippen LogP contribution in [0, 0.1) is 0 Å². The van der Waals surface area contributed by atoms with Gasteiger partial charge in [-0.3, -0.25) is 0 Å². The van der Waals surface area contributed by atoms with Crippen molar-refractivity contribution < 1.29 is 13.9 Å². The summed E-state index contributed by atoms with van der Waals surface area (Å²) in [6, 6.07) is 16.6. The Balaban J connectivity index is 1.65. The van der Waals surface area contributed by atoms with Crippen molar-refractivity contribution in [1.29, 1.82) is 0 Å². The fourth-order valence-corrected chi connectivity index (χ4v) is 6.69. The molecular formula is C39H65O3P. The quantitative estimate of drug-likeness (QED) is 0.0733. The molecule has 1 atom stereocenters. The van der Waals surface area contributed by atoms with Gasteiger partial charge in [0.15, 0.2) is 0 Å². The van der Waals surface area contributed by atoms with E-state index in [2.05, 4.69) is 32.0 Å². The van der Waals surface area contributed by atoms with Crippen LogP contribution in [0.3, 0.4) is 0 Å². The summed E-state index contributed by atoms with van der Waals surface area (Å²) in [5.41, 5.74) is 5.00. The fourth-order valence-electron chi connectivity index (χ4n) is 6.05. The van der Waals surface area contributed by atoms with Gasteiger partial charge in [0, 0.05) is 0 Å². The highest BCUT2D eigenvalue weighted by atomic mass is 31.2. The first-order chi connectivity index (χ1) is 21.2. The summed E-state index contributed by atoms with van der Waals surface area (Å²) in [5, 5.41) is 0. The van der Waals surface area contributed by atoms with E-state index in [0.29, 0.717) is 12.4 Å². The molecule has 0 heterocycles. The summed E-state index contributed by atoms with van der Waals surface area (Å²) in [6.45, 7) is 5.17. The van der Waals surface area contributed by atoms with Gasteiger partial charge < -0.3 is 13.9 Å². The van der Waals surface area contributed by atoms with Crippen molar-refractivity contribution in [3.8, 4) is 5.75 Å². The van der Waals surface area contributed by atoms with Crippen LogP contribution in [0.1, 0.15) is 165 Å². The SMILES string of the molecule is CCCCCCCCCc1cccc(CCCCCCCCCOP(O)Oc2ccccc2)c1CCCCCCCCC. The average Bonchev–Trinajstić information content (AvgIpc) is 3.02. The molecular weight excluding hydrogens is 547 g/mol. The van der Waals surface area contributed by atoms with E-state index in [1.807, 2.05) is 30.3 Å². The molecule has 2 aromatic rings. The number of aryl methyl sites for hydroxylation is 2. The summed E-state index contributed by atoms with van der Waals surface area (Å²) in [4.78, 5) is 9.94. The zero-order valence-electron chi connectivity index (χ0n) is 28.0. The predicted molar refractivity (Wildman–Crippen MR) is 188 cm³/mol. The van der Waals surface area contributed by atoms with Crippen LogP contribution < -0.4 is 4.52 Å². The second kappa shape index (κ2) is 26.9. The fraction of sp³-hybridized carbons (Fsp3) is 0.692. The maximum Gasteiger partial charge on any atom is 0.394 e. The third-order valence-corrected chi connectivity index (χ3v) is 9.44. The number of para-hydroxylation sites is 1. The minimum absolute atomic E-state index is 0.561. The van der Waals surface area contributed by atoms with Gasteiger partial charge in [-0.2, -0.15) is 0 Å². The molecule has 0 amide bonds. The lowest BCUT2D eigenvalue weighted by atomic mass is 9.90. The summed E-state index contributed by atoms with van der Waals surface area (Å²) >= 11 is 0. The highest BCUT2D eigenvalue weighted by Crippen LogP contribution is 2.34. The Morgan fingerprint density at radius 3 is 1.44 bits per heavy atom. The number of hydrogen-bond acceptors (Lipinski definition) is 3. The van der Waals surface area contributed by atoms with E-state index < -0.39 is 8.60 Å². The van der Waals surface area contributed by atoms with Gasteiger partial charge in [0.2, 0.25) is 0 Å². The molecule has 0 spiro atoms. The van der Waals surface area contributed by atoms with E-state index >= 15 is 0 Å². The molecule has 0 saturated carbocycles. The molecule has 1 unspecified atom stereocenters. The molecule has 244 valence electrons. The van der Waals surface area contributed by atoms with Gasteiger partial charge in [0.1, 0.15) is 5.75 Å². The van der Waals surface area contributed by atoms with E-state index in [0.717, 1.165) is 12.8 Å². The van der Waals surface area contributed by atoms with Crippen LogP contribution in [0.15, 0.2) is 48.5 Å². The number of hydrogen-bond donors (Lipinski definition) is 1. The summed E-state index contributed by atoms with van der Waals surface area (Å²) in [6.07, 6.45) is 31.8. The zero-order valence-corrected chi connectivity index (χ0v) is 28.9. The van der Waals surface area contributed by atoms with Gasteiger partial charge in [-0.15, -0.1) is 0 Å². The highest BCUT2D eigenvalue weighted by molar-refractivity contribution is 7.41. The standard InChI is InChI=1S/C39H65O3P/c1-3-5-7-9-12-16-21-28-36-30-27-31-37(39(36)34-25-18-13-10-8-6-4-2)29-22-17-14-11-15-19-26-35-41-43(40)42-38-32-23-20-24-33-38/h20,23-24,27,30-33,40H,3-19,21-22,25-26,28-29,34-35H2,1-2H3. The van der Waals surface area contributed by atoms with E-state index in [1.54, 1.807) is 16.7 Å². The first-order valence-electron chi connectivity index (χ1n) is 18.2. The predicted octanol–water partition coefficient (Wildman–Crippen LogP) is 12.9. The number of rotatable bonds is 29. The zero-order chi connectivity index (χ0) is 30.6. The van der Waals surface area contributed by atoms with Gasteiger partial charge >= 0.3 is 8.60 Å². The number of unbranched alkanes of at least 4 members (excludes halogenated alkanes) is 18. The Morgan fingerprint density at radius 1 is 0.488 bits per heavy atom. The minimum atomic E-state index is -1.83. The Labute approximate surface area is 267 Å². The molecule has 0 fully saturated rings. The second-order valence-electron chi connectivity index (χ2n) is 12.5. The van der Waals surface area contributed by atoms with Crippen molar-refractivity contribution in [2.45, 2.75) is 168 Å². The van der Waals surface area contributed by atoms with Crippen LogP contribution in [0.25, 0.3) is 0 Å². The monoisotopic (exact) mass is 612 g/mol. The molecule has 4 heteroatoms. The van der Waals surface area contributed by atoms with Crippen molar-refractivity contribution in [2.24, 2.45) is 0 Å². The smallest absolute Gasteiger partial charge is 0.394 e. The molecule has 1 N–H and O–H groups in total. The molecule has 0 aliphatic heterocycles. The highest BCUT2D eigenvalue weighted by Gasteiger charge is 2.10. The van der Waals surface area contributed by atoms with Gasteiger partial charge in [-0.1, -0.05) is 159 Å². The van der Waals surface area contributed by atoms with Crippen LogP contribution in [-0.2, 0) is 23.8 Å². The van der Waals surface area contributed by atoms with E-state index in [9.17, 15) is 4.89 Å². The second-order valence-corrected chi connectivity index (χ2v) is 13.4. The maximum atomic E-state index is 9.94. The summed E-state index contributed by atoms with van der Waals surface area (Å²) in [7, 11) is -1.83. The van der Waals surface area contributed by atoms with Crippen molar-refractivity contribution in [2.75, 3.05) is 6.61 Å². The summed E-state index contributed by atoms with van der Waals surface area (Å²) in [5.74, 6) is 0.654. The molecule has 0 aliphatic carbocycles. The Bertz CT molecular complexity index is 887. The van der Waals surface area contributed by atoms with Crippen LogP contribution >= 0.6 is 8.60 Å². The largest absolute Gasteiger partial charge is 0.427 e. The third-order valence-electron chi connectivity index (χ3n) is 8.67. The van der Waals surface area contributed by atoms with Gasteiger partial charge in [0.25, 0.3) is 0 Å². The normalized spacial score (nSPS) is 12.1. The number of benzene rings is 2. The Kier molecular flexibility index (Phi) is 23.7. The topological polar surface area (TPSA) is 38.7 Å². The van der Waals surface area contributed by atoms with Gasteiger partial charge in [-0.05, 0) is 73.8 Å². The lowest BCUT2D eigenvalue weighted by Gasteiger charge is -2.16. The molecule has 2 rings (SSSR count). The minimum Gasteiger partial charge on any atom is -0.427 e. The first-order valence-corrected chi connectivity index (χ1v) is 19.3. The summed E-state index contributed by atoms with van der Waals surface area (Å²) < 4.78 is 10.9. The van der Waals surface area contributed by atoms with Crippen LogP contribution in [0.5, 0.6) is 5.75 Å². The lowest BCUT2D eigenvalue weighted by molar-refractivity contribution is 0.253. The van der Waals surface area contributed by atoms with E-state index in [4.69, 9.17) is 9.05 Å². The maximum absolute atomic E-state index is 9.94. The molecule has 2 aromatic carbocycles. The Morgan fingerprint density at radius 2 is 0.930 bits per heavy atom.